The number of rotatable bonds is 3. The highest BCUT2D eigenvalue weighted by Gasteiger charge is 2.52. The zero-order valence-corrected chi connectivity index (χ0v) is 13.2. The summed E-state index contributed by atoms with van der Waals surface area (Å²) >= 11 is 0. The number of nitrogens with one attached hydrogen (secondary N) is 1. The van der Waals surface area contributed by atoms with Crippen molar-refractivity contribution in [3.63, 3.8) is 0 Å². The largest absolute Gasteiger partial charge is 0.498 e. The lowest BCUT2D eigenvalue weighted by Gasteiger charge is -2.32. The number of hydrogen-bond acceptors (Lipinski definition) is 5. The van der Waals surface area contributed by atoms with Gasteiger partial charge in [-0.05, 0) is 34.6 Å². The van der Waals surface area contributed by atoms with Crippen LogP contribution in [0.4, 0.5) is 19.1 Å². The summed E-state index contributed by atoms with van der Waals surface area (Å²) < 4.78 is 49.1. The summed E-state index contributed by atoms with van der Waals surface area (Å²) in [7, 11) is -0.640. The van der Waals surface area contributed by atoms with Crippen molar-refractivity contribution in [3.8, 4) is 0 Å². The third-order valence-electron chi connectivity index (χ3n) is 4.03. The van der Waals surface area contributed by atoms with Crippen LogP contribution in [0.15, 0.2) is 12.4 Å². The third kappa shape index (κ3) is 3.35. The van der Waals surface area contributed by atoms with Crippen LogP contribution in [-0.4, -0.2) is 40.5 Å². The van der Waals surface area contributed by atoms with E-state index in [-0.39, 0.29) is 5.95 Å². The lowest BCUT2D eigenvalue weighted by atomic mass is 9.81. The van der Waals surface area contributed by atoms with Gasteiger partial charge in [0.2, 0.25) is 5.95 Å². The second kappa shape index (κ2) is 5.38. The normalized spacial score (nSPS) is 21.7. The van der Waals surface area contributed by atoms with Crippen molar-refractivity contribution >= 4 is 18.5 Å². The SMILES string of the molecule is C[C@@H](Nc1ncc(B2OC(C)(C)C(C)(C)O2)cn1)C(F)(F)F. The minimum atomic E-state index is -4.35. The van der Waals surface area contributed by atoms with Gasteiger partial charge in [0.15, 0.2) is 0 Å². The topological polar surface area (TPSA) is 56.3 Å². The highest BCUT2D eigenvalue weighted by atomic mass is 19.4. The van der Waals surface area contributed by atoms with Crippen molar-refractivity contribution in [2.45, 2.75) is 58.0 Å². The van der Waals surface area contributed by atoms with Gasteiger partial charge in [0, 0.05) is 17.9 Å². The molecule has 2 rings (SSSR count). The van der Waals surface area contributed by atoms with Crippen LogP contribution in [0.1, 0.15) is 34.6 Å². The van der Waals surface area contributed by atoms with Gasteiger partial charge in [0.25, 0.3) is 0 Å². The molecule has 1 aliphatic rings. The van der Waals surface area contributed by atoms with E-state index in [1.807, 2.05) is 27.7 Å². The van der Waals surface area contributed by atoms with Crippen molar-refractivity contribution in [1.82, 2.24) is 9.97 Å². The molecule has 0 unspecified atom stereocenters. The van der Waals surface area contributed by atoms with E-state index < -0.39 is 30.5 Å². The van der Waals surface area contributed by atoms with Crippen LogP contribution < -0.4 is 10.8 Å². The van der Waals surface area contributed by atoms with Crippen LogP contribution in [0.3, 0.4) is 0 Å². The molecule has 0 spiro atoms. The average molecular weight is 317 g/mol. The molecular weight excluding hydrogens is 298 g/mol. The first-order valence-corrected chi connectivity index (χ1v) is 6.93. The van der Waals surface area contributed by atoms with Crippen LogP contribution in [-0.2, 0) is 9.31 Å². The summed E-state index contributed by atoms with van der Waals surface area (Å²) in [6, 6.07) is -1.73. The Kier molecular flexibility index (Phi) is 4.16. The summed E-state index contributed by atoms with van der Waals surface area (Å²) in [5.74, 6) is -0.0925. The van der Waals surface area contributed by atoms with Crippen molar-refractivity contribution in [3.05, 3.63) is 12.4 Å². The van der Waals surface area contributed by atoms with E-state index >= 15 is 0 Å². The highest BCUT2D eigenvalue weighted by Crippen LogP contribution is 2.36. The van der Waals surface area contributed by atoms with E-state index in [1.54, 1.807) is 0 Å². The zero-order valence-electron chi connectivity index (χ0n) is 13.2. The number of anilines is 1. The molecule has 5 nitrogen and oxygen atoms in total. The fourth-order valence-electron chi connectivity index (χ4n) is 1.79. The molecule has 0 radical (unpaired) electrons. The van der Waals surface area contributed by atoms with Crippen LogP contribution in [0.2, 0.25) is 0 Å². The first-order valence-electron chi connectivity index (χ1n) is 6.93. The molecule has 1 N–H and O–H groups in total. The van der Waals surface area contributed by atoms with E-state index in [9.17, 15) is 13.2 Å². The smallest absolute Gasteiger partial charge is 0.399 e. The predicted octanol–water partition coefficient (Wildman–Crippen LogP) is 2.14. The molecule has 2 heterocycles. The molecule has 0 bridgehead atoms. The molecule has 1 aromatic heterocycles. The summed E-state index contributed by atoms with van der Waals surface area (Å²) in [5, 5.41) is 2.20. The summed E-state index contributed by atoms with van der Waals surface area (Å²) in [5.41, 5.74) is -0.442. The van der Waals surface area contributed by atoms with Gasteiger partial charge in [-0.2, -0.15) is 13.2 Å². The Hall–Kier alpha value is -1.35. The van der Waals surface area contributed by atoms with Crippen molar-refractivity contribution in [2.75, 3.05) is 5.32 Å². The second-order valence-corrected chi connectivity index (χ2v) is 6.34. The monoisotopic (exact) mass is 317 g/mol. The van der Waals surface area contributed by atoms with Crippen LogP contribution in [0.25, 0.3) is 0 Å². The quantitative estimate of drug-likeness (QED) is 0.866. The van der Waals surface area contributed by atoms with Gasteiger partial charge in [0.05, 0.1) is 11.2 Å². The highest BCUT2D eigenvalue weighted by molar-refractivity contribution is 6.61. The Morgan fingerprint density at radius 1 is 1.09 bits per heavy atom. The van der Waals surface area contributed by atoms with Crippen LogP contribution in [0.5, 0.6) is 0 Å². The maximum atomic E-state index is 12.5. The lowest BCUT2D eigenvalue weighted by Crippen LogP contribution is -2.41. The van der Waals surface area contributed by atoms with Gasteiger partial charge < -0.3 is 14.6 Å². The molecule has 0 amide bonds. The molecule has 22 heavy (non-hydrogen) atoms. The summed E-state index contributed by atoms with van der Waals surface area (Å²) in [6.45, 7) is 8.65. The maximum Gasteiger partial charge on any atom is 0.498 e. The fraction of sp³-hybridized carbons (Fsp3) is 0.692. The number of nitrogens with zero attached hydrogens (tertiary/aromatic N) is 2. The molecule has 122 valence electrons. The number of alkyl halides is 3. The molecule has 1 atom stereocenters. The maximum absolute atomic E-state index is 12.5. The van der Waals surface area contributed by atoms with Crippen LogP contribution >= 0.6 is 0 Å². The van der Waals surface area contributed by atoms with E-state index in [2.05, 4.69) is 15.3 Å². The minimum Gasteiger partial charge on any atom is -0.399 e. The predicted molar refractivity (Wildman–Crippen MR) is 76.9 cm³/mol. The molecular formula is C13H19BF3N3O2. The molecule has 1 aliphatic heterocycles. The molecule has 0 saturated carbocycles. The summed E-state index contributed by atoms with van der Waals surface area (Å²) in [4.78, 5) is 7.78. The molecule has 9 heteroatoms. The molecule has 1 fully saturated rings. The Balaban J connectivity index is 2.08. The minimum absolute atomic E-state index is 0.0925. The zero-order chi connectivity index (χ0) is 16.8. The molecule has 0 aromatic carbocycles. The van der Waals surface area contributed by atoms with E-state index in [1.165, 1.54) is 12.4 Å². The number of hydrogen-bond donors (Lipinski definition) is 1. The van der Waals surface area contributed by atoms with Crippen molar-refractivity contribution in [1.29, 1.82) is 0 Å². The Labute approximate surface area is 127 Å². The molecule has 1 aromatic rings. The Morgan fingerprint density at radius 2 is 1.55 bits per heavy atom. The van der Waals surface area contributed by atoms with Crippen molar-refractivity contribution in [2.24, 2.45) is 0 Å². The van der Waals surface area contributed by atoms with Crippen LogP contribution in [0, 0.1) is 0 Å². The van der Waals surface area contributed by atoms with Gasteiger partial charge in [-0.3, -0.25) is 0 Å². The third-order valence-corrected chi connectivity index (χ3v) is 4.03. The Morgan fingerprint density at radius 3 is 1.95 bits per heavy atom. The first-order chi connectivity index (χ1) is 9.92. The molecule has 1 saturated heterocycles. The lowest BCUT2D eigenvalue weighted by molar-refractivity contribution is -0.138. The summed E-state index contributed by atoms with van der Waals surface area (Å²) in [6.07, 6.45) is -1.55. The number of aromatic nitrogens is 2. The van der Waals surface area contributed by atoms with E-state index in [4.69, 9.17) is 9.31 Å². The number of halogens is 3. The second-order valence-electron chi connectivity index (χ2n) is 6.34. The van der Waals surface area contributed by atoms with Gasteiger partial charge in [-0.25, -0.2) is 9.97 Å². The first kappa shape index (κ1) is 17.0. The van der Waals surface area contributed by atoms with Gasteiger partial charge in [0.1, 0.15) is 6.04 Å². The van der Waals surface area contributed by atoms with Gasteiger partial charge >= 0.3 is 13.3 Å². The van der Waals surface area contributed by atoms with Crippen molar-refractivity contribution < 1.29 is 22.5 Å². The van der Waals surface area contributed by atoms with Gasteiger partial charge in [-0.15, -0.1) is 0 Å². The standard InChI is InChI=1S/C13H19BF3N3O2/c1-8(13(15,16)17)20-10-18-6-9(7-19-10)14-21-11(2,3)12(4,5)22-14/h6-8H,1-5H3,(H,18,19,20)/t8-/m1/s1. The molecule has 0 aliphatic carbocycles. The average Bonchev–Trinajstić information content (AvgIpc) is 2.58. The fourth-order valence-corrected chi connectivity index (χ4v) is 1.79. The van der Waals surface area contributed by atoms with Gasteiger partial charge in [-0.1, -0.05) is 0 Å². The van der Waals surface area contributed by atoms with E-state index in [0.717, 1.165) is 6.92 Å². The van der Waals surface area contributed by atoms with E-state index in [0.29, 0.717) is 5.46 Å². The Bertz CT molecular complexity index is 518.